The second kappa shape index (κ2) is 6.16. The van der Waals surface area contributed by atoms with Gasteiger partial charge < -0.3 is 5.32 Å². The molecule has 0 aliphatic heterocycles. The van der Waals surface area contributed by atoms with Crippen LogP contribution in [0.25, 0.3) is 0 Å². The molecule has 0 radical (unpaired) electrons. The molecule has 1 heterocycles. The molecule has 1 rings (SSSR count). The molecular formula is C11H21N3O2S. The molecule has 0 fully saturated rings. The smallest absolute Gasteiger partial charge is 0.151 e. The Morgan fingerprint density at radius 1 is 1.47 bits per heavy atom. The Morgan fingerprint density at radius 2 is 2.18 bits per heavy atom. The number of aryl methyl sites for hydroxylation is 1. The normalized spacial score (nSPS) is 12.2. The monoisotopic (exact) mass is 259 g/mol. The lowest BCUT2D eigenvalue weighted by Gasteiger charge is -2.10. The summed E-state index contributed by atoms with van der Waals surface area (Å²) in [6.07, 6.45) is 1.70. The molecule has 6 heteroatoms. The van der Waals surface area contributed by atoms with Crippen molar-refractivity contribution in [2.75, 3.05) is 11.5 Å². The molecule has 0 atom stereocenters. The molecule has 1 N–H and O–H groups in total. The third-order valence-corrected chi connectivity index (χ3v) is 4.23. The summed E-state index contributed by atoms with van der Waals surface area (Å²) in [6, 6.07) is 2.31. The molecule has 98 valence electrons. The summed E-state index contributed by atoms with van der Waals surface area (Å²) in [5, 5.41) is 7.43. The first-order valence-corrected chi connectivity index (χ1v) is 7.71. The van der Waals surface area contributed by atoms with Gasteiger partial charge in [-0.1, -0.05) is 20.8 Å². The molecular weight excluding hydrogens is 238 g/mol. The molecule has 17 heavy (non-hydrogen) atoms. The van der Waals surface area contributed by atoms with Crippen molar-refractivity contribution in [3.8, 4) is 0 Å². The first-order chi connectivity index (χ1) is 7.94. The Labute approximate surface area is 103 Å². The minimum absolute atomic E-state index is 0.153. The van der Waals surface area contributed by atoms with Crippen LogP contribution in [0.2, 0.25) is 0 Å². The van der Waals surface area contributed by atoms with Crippen molar-refractivity contribution in [1.82, 2.24) is 15.1 Å². The summed E-state index contributed by atoms with van der Waals surface area (Å²) in [6.45, 7) is 6.95. The van der Waals surface area contributed by atoms with E-state index >= 15 is 0 Å². The van der Waals surface area contributed by atoms with Crippen molar-refractivity contribution in [3.05, 3.63) is 18.0 Å². The fourth-order valence-electron chi connectivity index (χ4n) is 1.39. The van der Waals surface area contributed by atoms with Gasteiger partial charge in [0.2, 0.25) is 0 Å². The van der Waals surface area contributed by atoms with Gasteiger partial charge in [0.1, 0.15) is 0 Å². The van der Waals surface area contributed by atoms with E-state index in [1.54, 1.807) is 17.8 Å². The largest absolute Gasteiger partial charge is 0.309 e. The van der Waals surface area contributed by atoms with Gasteiger partial charge in [0.05, 0.1) is 18.0 Å². The topological polar surface area (TPSA) is 64.0 Å². The average molecular weight is 259 g/mol. The standard InChI is InChI=1S/C11H21N3O2S/c1-4-17(15,16)8-7-14-11(5-6-13-14)9-12-10(2)3/h5-6,10,12H,4,7-9H2,1-3H3. The van der Waals surface area contributed by atoms with Crippen LogP contribution in [0.1, 0.15) is 26.5 Å². The molecule has 0 saturated carbocycles. The lowest BCUT2D eigenvalue weighted by molar-refractivity contribution is 0.535. The summed E-state index contributed by atoms with van der Waals surface area (Å²) in [5.41, 5.74) is 1.02. The van der Waals surface area contributed by atoms with E-state index in [0.717, 1.165) is 5.69 Å². The Balaban J connectivity index is 2.57. The lowest BCUT2D eigenvalue weighted by Crippen LogP contribution is -2.25. The fraction of sp³-hybridized carbons (Fsp3) is 0.727. The molecule has 0 unspecified atom stereocenters. The van der Waals surface area contributed by atoms with Crippen molar-refractivity contribution >= 4 is 9.84 Å². The molecule has 0 aliphatic rings. The molecule has 0 aromatic carbocycles. The van der Waals surface area contributed by atoms with Gasteiger partial charge in [-0.15, -0.1) is 0 Å². The molecule has 0 bridgehead atoms. The van der Waals surface area contributed by atoms with Crippen LogP contribution in [-0.2, 0) is 22.9 Å². The number of hydrogen-bond donors (Lipinski definition) is 1. The number of aromatic nitrogens is 2. The van der Waals surface area contributed by atoms with Crippen LogP contribution in [0.3, 0.4) is 0 Å². The summed E-state index contributed by atoms with van der Waals surface area (Å²) < 4.78 is 24.6. The molecule has 5 nitrogen and oxygen atoms in total. The molecule has 0 saturated heterocycles. The average Bonchev–Trinajstić information content (AvgIpc) is 2.71. The third kappa shape index (κ3) is 4.87. The highest BCUT2D eigenvalue weighted by molar-refractivity contribution is 7.91. The predicted octanol–water partition coefficient (Wildman–Crippen LogP) is 0.816. The van der Waals surface area contributed by atoms with E-state index in [1.165, 1.54) is 0 Å². The quantitative estimate of drug-likeness (QED) is 0.787. The highest BCUT2D eigenvalue weighted by atomic mass is 32.2. The molecule has 0 aliphatic carbocycles. The van der Waals surface area contributed by atoms with E-state index in [0.29, 0.717) is 19.1 Å². The van der Waals surface area contributed by atoms with Crippen LogP contribution in [-0.4, -0.2) is 35.7 Å². The molecule has 1 aromatic heterocycles. The first-order valence-electron chi connectivity index (χ1n) is 5.89. The van der Waals surface area contributed by atoms with Crippen LogP contribution >= 0.6 is 0 Å². The maximum absolute atomic E-state index is 11.4. The van der Waals surface area contributed by atoms with Crippen molar-refractivity contribution in [3.63, 3.8) is 0 Å². The molecule has 1 aromatic rings. The minimum Gasteiger partial charge on any atom is -0.309 e. The molecule has 0 spiro atoms. The van der Waals surface area contributed by atoms with Crippen LogP contribution in [0.15, 0.2) is 12.3 Å². The zero-order chi connectivity index (χ0) is 12.9. The summed E-state index contributed by atoms with van der Waals surface area (Å²) in [7, 11) is -2.92. The zero-order valence-electron chi connectivity index (χ0n) is 10.7. The van der Waals surface area contributed by atoms with Gasteiger partial charge in [0.15, 0.2) is 9.84 Å². The number of nitrogens with zero attached hydrogens (tertiary/aromatic N) is 2. The Kier molecular flexibility index (Phi) is 5.14. The second-order valence-corrected chi connectivity index (χ2v) is 6.79. The summed E-state index contributed by atoms with van der Waals surface area (Å²) in [4.78, 5) is 0. The van der Waals surface area contributed by atoms with Crippen LogP contribution in [0.5, 0.6) is 0 Å². The SMILES string of the molecule is CCS(=O)(=O)CCn1nccc1CNC(C)C. The van der Waals surface area contributed by atoms with E-state index in [9.17, 15) is 8.42 Å². The van der Waals surface area contributed by atoms with Gasteiger partial charge in [-0.25, -0.2) is 8.42 Å². The van der Waals surface area contributed by atoms with Crippen molar-refractivity contribution in [2.24, 2.45) is 0 Å². The maximum Gasteiger partial charge on any atom is 0.151 e. The van der Waals surface area contributed by atoms with E-state index < -0.39 is 9.84 Å². The summed E-state index contributed by atoms with van der Waals surface area (Å²) in [5.74, 6) is 0.341. The van der Waals surface area contributed by atoms with Crippen molar-refractivity contribution in [1.29, 1.82) is 0 Å². The lowest BCUT2D eigenvalue weighted by atomic mass is 10.3. The number of sulfone groups is 1. The van der Waals surface area contributed by atoms with Gasteiger partial charge in [0, 0.05) is 24.5 Å². The second-order valence-electron chi connectivity index (χ2n) is 4.32. The minimum atomic E-state index is -2.92. The number of hydrogen-bond acceptors (Lipinski definition) is 4. The van der Waals surface area contributed by atoms with Crippen molar-refractivity contribution in [2.45, 2.75) is 39.9 Å². The highest BCUT2D eigenvalue weighted by Crippen LogP contribution is 2.01. The van der Waals surface area contributed by atoms with E-state index in [-0.39, 0.29) is 11.5 Å². The van der Waals surface area contributed by atoms with E-state index in [1.807, 2.05) is 6.07 Å². The van der Waals surface area contributed by atoms with Crippen LogP contribution < -0.4 is 5.32 Å². The van der Waals surface area contributed by atoms with Gasteiger partial charge in [-0.2, -0.15) is 5.10 Å². The van der Waals surface area contributed by atoms with E-state index in [4.69, 9.17) is 0 Å². The Bertz CT molecular complexity index is 437. The highest BCUT2D eigenvalue weighted by Gasteiger charge is 2.09. The van der Waals surface area contributed by atoms with Gasteiger partial charge >= 0.3 is 0 Å². The van der Waals surface area contributed by atoms with Crippen LogP contribution in [0.4, 0.5) is 0 Å². The predicted molar refractivity (Wildman–Crippen MR) is 68.5 cm³/mol. The van der Waals surface area contributed by atoms with E-state index in [2.05, 4.69) is 24.3 Å². The fourth-order valence-corrected chi connectivity index (χ4v) is 2.13. The number of nitrogens with one attached hydrogen (secondary N) is 1. The zero-order valence-corrected chi connectivity index (χ0v) is 11.5. The van der Waals surface area contributed by atoms with Gasteiger partial charge in [-0.3, -0.25) is 4.68 Å². The first kappa shape index (κ1) is 14.2. The Morgan fingerprint density at radius 3 is 2.76 bits per heavy atom. The maximum atomic E-state index is 11.4. The van der Waals surface area contributed by atoms with Gasteiger partial charge in [-0.05, 0) is 6.07 Å². The Hall–Kier alpha value is -0.880. The van der Waals surface area contributed by atoms with Gasteiger partial charge in [0.25, 0.3) is 0 Å². The summed E-state index contributed by atoms with van der Waals surface area (Å²) >= 11 is 0. The van der Waals surface area contributed by atoms with Crippen LogP contribution in [0, 0.1) is 0 Å². The number of rotatable bonds is 7. The van der Waals surface area contributed by atoms with Crippen molar-refractivity contribution < 1.29 is 8.42 Å². The third-order valence-electron chi connectivity index (χ3n) is 2.55. The molecule has 0 amide bonds.